The summed E-state index contributed by atoms with van der Waals surface area (Å²) in [5.74, 6) is 0.748. The Hall–Kier alpha value is -1.85. The molecule has 1 atom stereocenters. The van der Waals surface area contributed by atoms with E-state index in [1.807, 2.05) is 42.5 Å². The molecule has 0 spiro atoms. The Labute approximate surface area is 145 Å². The van der Waals surface area contributed by atoms with Gasteiger partial charge in [0.05, 0.1) is 33.3 Å². The zero-order valence-corrected chi connectivity index (χ0v) is 15.2. The van der Waals surface area contributed by atoms with Crippen LogP contribution in [0.2, 0.25) is 0 Å². The molecular weight excluding hydrogens is 356 g/mol. The molecule has 2 aromatic carbocycles. The van der Waals surface area contributed by atoms with Crippen molar-refractivity contribution < 1.29 is 14.4 Å². The number of amides is 1. The molecule has 0 radical (unpaired) electrons. The molecule has 0 aliphatic carbocycles. The molecule has 0 fully saturated rings. The molecule has 0 aliphatic rings. The van der Waals surface area contributed by atoms with Gasteiger partial charge in [0.15, 0.2) is 0 Å². The zero-order chi connectivity index (χ0) is 16.8. The Balaban J connectivity index is 2.11. The molecule has 1 amide bonds. The van der Waals surface area contributed by atoms with Crippen LogP contribution in [0.15, 0.2) is 53.0 Å². The topological polar surface area (TPSA) is 42.8 Å². The summed E-state index contributed by atoms with van der Waals surface area (Å²) in [5.41, 5.74) is 1.78. The Morgan fingerprint density at radius 2 is 1.96 bits per heavy atom. The van der Waals surface area contributed by atoms with Gasteiger partial charge in [-0.3, -0.25) is 4.79 Å². The molecule has 0 saturated heterocycles. The number of methoxy groups -OCH3 is 1. The number of nitrogens with one attached hydrogen (secondary N) is 2. The predicted molar refractivity (Wildman–Crippen MR) is 95.0 cm³/mol. The monoisotopic (exact) mass is 377 g/mol. The average Bonchev–Trinajstić information content (AvgIpc) is 2.55. The van der Waals surface area contributed by atoms with E-state index in [9.17, 15) is 4.79 Å². The van der Waals surface area contributed by atoms with Crippen molar-refractivity contribution in [3.63, 3.8) is 0 Å². The van der Waals surface area contributed by atoms with Crippen LogP contribution in [-0.4, -0.2) is 33.7 Å². The number of rotatable bonds is 6. The second-order valence-corrected chi connectivity index (χ2v) is 6.45. The molecule has 0 unspecified atom stereocenters. The van der Waals surface area contributed by atoms with E-state index in [1.165, 1.54) is 4.90 Å². The first-order chi connectivity index (χ1) is 11.0. The molecule has 0 heterocycles. The molecule has 0 saturated carbocycles. The van der Waals surface area contributed by atoms with Crippen LogP contribution >= 0.6 is 15.9 Å². The van der Waals surface area contributed by atoms with Crippen molar-refractivity contribution in [3.8, 4) is 5.75 Å². The van der Waals surface area contributed by atoms with E-state index in [2.05, 4.69) is 41.4 Å². The molecule has 4 nitrogen and oxygen atoms in total. The number of ether oxygens (including phenoxy) is 1. The summed E-state index contributed by atoms with van der Waals surface area (Å²) in [4.78, 5) is 13.6. The van der Waals surface area contributed by atoms with Crippen molar-refractivity contribution in [3.05, 3.63) is 64.1 Å². The fourth-order valence-corrected chi connectivity index (χ4v) is 2.91. The van der Waals surface area contributed by atoms with E-state index < -0.39 is 0 Å². The van der Waals surface area contributed by atoms with Gasteiger partial charge in [-0.15, -0.1) is 0 Å². The summed E-state index contributed by atoms with van der Waals surface area (Å²) >= 11 is 3.41. The Morgan fingerprint density at radius 3 is 2.61 bits per heavy atom. The largest absolute Gasteiger partial charge is 0.497 e. The number of hydrogen-bond acceptors (Lipinski definition) is 2. The first kappa shape index (κ1) is 17.5. The molecule has 0 aromatic heterocycles. The zero-order valence-electron chi connectivity index (χ0n) is 13.6. The quantitative estimate of drug-likeness (QED) is 0.809. The summed E-state index contributed by atoms with van der Waals surface area (Å²) in [7, 11) is 5.81. The molecule has 122 valence electrons. The van der Waals surface area contributed by atoms with Crippen molar-refractivity contribution in [1.82, 2.24) is 5.32 Å². The predicted octanol–water partition coefficient (Wildman–Crippen LogP) is 2.07. The minimum atomic E-state index is -0.0772. The van der Waals surface area contributed by atoms with E-state index in [0.717, 1.165) is 15.8 Å². The summed E-state index contributed by atoms with van der Waals surface area (Å²) < 4.78 is 6.09. The Bertz CT molecular complexity index is 674. The van der Waals surface area contributed by atoms with Gasteiger partial charge >= 0.3 is 0 Å². The number of carbonyl (C=O) groups excluding carboxylic acids is 1. The van der Waals surface area contributed by atoms with Gasteiger partial charge in [-0.2, -0.15) is 0 Å². The number of quaternary nitrogens is 1. The first-order valence-electron chi connectivity index (χ1n) is 7.49. The summed E-state index contributed by atoms with van der Waals surface area (Å²) in [5, 5.41) is 3.03. The number of likely N-dealkylation sites (N-methyl/N-ethyl adjacent to an activating group) is 1. The molecule has 2 N–H and O–H groups in total. The highest BCUT2D eigenvalue weighted by molar-refractivity contribution is 9.10. The number of halogens is 1. The third kappa shape index (κ3) is 4.56. The van der Waals surface area contributed by atoms with Gasteiger partial charge in [0.1, 0.15) is 11.8 Å². The average molecular weight is 378 g/mol. The van der Waals surface area contributed by atoms with Crippen LogP contribution in [0.1, 0.15) is 22.0 Å². The van der Waals surface area contributed by atoms with Crippen LogP contribution in [0.4, 0.5) is 0 Å². The van der Waals surface area contributed by atoms with Crippen LogP contribution in [0.5, 0.6) is 5.75 Å². The fourth-order valence-electron chi connectivity index (χ4n) is 2.45. The fraction of sp³-hybridized carbons (Fsp3) is 0.278. The van der Waals surface area contributed by atoms with E-state index in [0.29, 0.717) is 12.1 Å². The van der Waals surface area contributed by atoms with E-state index in [1.54, 1.807) is 7.11 Å². The molecule has 0 aliphatic heterocycles. The van der Waals surface area contributed by atoms with E-state index >= 15 is 0 Å². The van der Waals surface area contributed by atoms with Crippen molar-refractivity contribution in [1.29, 1.82) is 0 Å². The van der Waals surface area contributed by atoms with Crippen LogP contribution in [0.25, 0.3) is 0 Å². The van der Waals surface area contributed by atoms with Crippen molar-refractivity contribution in [2.24, 2.45) is 0 Å². The molecule has 5 heteroatoms. The van der Waals surface area contributed by atoms with Crippen LogP contribution in [0.3, 0.4) is 0 Å². The number of benzene rings is 2. The lowest BCUT2D eigenvalue weighted by Gasteiger charge is -2.22. The lowest BCUT2D eigenvalue weighted by Crippen LogP contribution is -3.07. The van der Waals surface area contributed by atoms with Gasteiger partial charge in [-0.1, -0.05) is 24.3 Å². The van der Waals surface area contributed by atoms with Gasteiger partial charge < -0.3 is 15.0 Å². The van der Waals surface area contributed by atoms with E-state index in [-0.39, 0.29) is 11.9 Å². The summed E-state index contributed by atoms with van der Waals surface area (Å²) in [6, 6.07) is 15.5. The standard InChI is InChI=1S/C18H21BrN2O2/c1-21(2)17(13-7-6-8-14(11-13)23-3)12-20-18(22)15-9-4-5-10-16(15)19/h4-11,17H,12H2,1-3H3,(H,20,22)/p+1/t17-/m0/s1. The maximum atomic E-state index is 12.4. The third-order valence-corrected chi connectivity index (χ3v) is 4.47. The smallest absolute Gasteiger partial charge is 0.252 e. The highest BCUT2D eigenvalue weighted by atomic mass is 79.9. The van der Waals surface area contributed by atoms with Crippen molar-refractivity contribution in [2.75, 3.05) is 27.7 Å². The van der Waals surface area contributed by atoms with Gasteiger partial charge in [-0.05, 0) is 40.2 Å². The minimum absolute atomic E-state index is 0.0772. The molecule has 23 heavy (non-hydrogen) atoms. The third-order valence-electron chi connectivity index (χ3n) is 3.78. The number of hydrogen-bond donors (Lipinski definition) is 2. The highest BCUT2D eigenvalue weighted by Gasteiger charge is 2.20. The SMILES string of the molecule is COc1cccc([C@H](CNC(=O)c2ccccc2Br)[NH+](C)C)c1. The van der Waals surface area contributed by atoms with Gasteiger partial charge in [0, 0.05) is 10.0 Å². The van der Waals surface area contributed by atoms with Gasteiger partial charge in [0.2, 0.25) is 0 Å². The molecular formula is C18H22BrN2O2+. The maximum absolute atomic E-state index is 12.4. The normalized spacial score (nSPS) is 12.0. The second-order valence-electron chi connectivity index (χ2n) is 5.60. The van der Waals surface area contributed by atoms with Crippen molar-refractivity contribution >= 4 is 21.8 Å². The first-order valence-corrected chi connectivity index (χ1v) is 8.29. The lowest BCUT2D eigenvalue weighted by atomic mass is 10.1. The van der Waals surface area contributed by atoms with Gasteiger partial charge in [-0.25, -0.2) is 0 Å². The van der Waals surface area contributed by atoms with Gasteiger partial charge in [0.25, 0.3) is 5.91 Å². The Morgan fingerprint density at radius 1 is 1.22 bits per heavy atom. The molecule has 0 bridgehead atoms. The minimum Gasteiger partial charge on any atom is -0.497 e. The Kier molecular flexibility index (Phi) is 6.19. The highest BCUT2D eigenvalue weighted by Crippen LogP contribution is 2.18. The van der Waals surface area contributed by atoms with E-state index in [4.69, 9.17) is 4.74 Å². The molecule has 2 rings (SSSR count). The summed E-state index contributed by atoms with van der Waals surface area (Å²) in [6.45, 7) is 0.551. The second kappa shape index (κ2) is 8.13. The summed E-state index contributed by atoms with van der Waals surface area (Å²) in [6.07, 6.45) is 0. The van der Waals surface area contributed by atoms with Crippen LogP contribution in [-0.2, 0) is 0 Å². The maximum Gasteiger partial charge on any atom is 0.252 e. The van der Waals surface area contributed by atoms with Crippen LogP contribution < -0.4 is 15.0 Å². The van der Waals surface area contributed by atoms with Crippen LogP contribution in [0, 0.1) is 0 Å². The van der Waals surface area contributed by atoms with Crippen molar-refractivity contribution in [2.45, 2.75) is 6.04 Å². The lowest BCUT2D eigenvalue weighted by molar-refractivity contribution is -0.890. The molecule has 2 aromatic rings. The number of carbonyl (C=O) groups is 1.